The lowest BCUT2D eigenvalue weighted by Crippen LogP contribution is -2.15. The van der Waals surface area contributed by atoms with Gasteiger partial charge in [-0.05, 0) is 36.2 Å². The zero-order chi connectivity index (χ0) is 17.9. The fourth-order valence-electron chi connectivity index (χ4n) is 1.96. The lowest BCUT2D eigenvalue weighted by atomic mass is 10.2. The molecule has 0 radical (unpaired) electrons. The number of anilines is 1. The van der Waals surface area contributed by atoms with E-state index < -0.39 is 27.4 Å². The zero-order valence-corrected chi connectivity index (χ0v) is 13.7. The van der Waals surface area contributed by atoms with Gasteiger partial charge < -0.3 is 9.84 Å². The van der Waals surface area contributed by atoms with E-state index in [0.29, 0.717) is 6.42 Å². The number of rotatable bonds is 6. The van der Waals surface area contributed by atoms with Crippen LogP contribution in [0.3, 0.4) is 0 Å². The predicted octanol–water partition coefficient (Wildman–Crippen LogP) is 2.29. The standard InChI is InChI=1S/C15H15FN2O5S/c1-3-9-6-13(14(23-2)17-8-9)18-24(21,22)10-4-5-12(16)11(7-10)15(19)20/h4-8,18H,3H2,1-2H3,(H,19,20). The van der Waals surface area contributed by atoms with Crippen LogP contribution in [0.25, 0.3) is 0 Å². The summed E-state index contributed by atoms with van der Waals surface area (Å²) in [7, 11) is -2.80. The highest BCUT2D eigenvalue weighted by Gasteiger charge is 2.21. The van der Waals surface area contributed by atoms with E-state index in [2.05, 4.69) is 9.71 Å². The van der Waals surface area contributed by atoms with Gasteiger partial charge in [-0.1, -0.05) is 6.92 Å². The number of sulfonamides is 1. The summed E-state index contributed by atoms with van der Waals surface area (Å²) >= 11 is 0. The molecule has 0 aliphatic rings. The van der Waals surface area contributed by atoms with Crippen molar-refractivity contribution in [2.45, 2.75) is 18.2 Å². The molecule has 0 atom stereocenters. The average molecular weight is 354 g/mol. The highest BCUT2D eigenvalue weighted by Crippen LogP contribution is 2.26. The molecule has 7 nitrogen and oxygen atoms in total. The van der Waals surface area contributed by atoms with Gasteiger partial charge in [-0.15, -0.1) is 0 Å². The number of carboxylic acid groups (broad SMARTS) is 1. The molecule has 9 heteroatoms. The Kier molecular flexibility index (Phi) is 5.03. The number of carbonyl (C=O) groups is 1. The Balaban J connectivity index is 2.46. The maximum Gasteiger partial charge on any atom is 0.338 e. The molecule has 1 aromatic heterocycles. The van der Waals surface area contributed by atoms with Crippen molar-refractivity contribution in [3.63, 3.8) is 0 Å². The summed E-state index contributed by atoms with van der Waals surface area (Å²) in [5.41, 5.74) is 0.155. The van der Waals surface area contributed by atoms with E-state index in [1.54, 1.807) is 12.3 Å². The van der Waals surface area contributed by atoms with Crippen LogP contribution in [0, 0.1) is 5.82 Å². The number of nitrogens with zero attached hydrogens (tertiary/aromatic N) is 1. The van der Waals surface area contributed by atoms with Gasteiger partial charge in [-0.3, -0.25) is 4.72 Å². The van der Waals surface area contributed by atoms with Crippen LogP contribution in [0.5, 0.6) is 5.88 Å². The first-order chi connectivity index (χ1) is 11.3. The quantitative estimate of drug-likeness (QED) is 0.824. The molecule has 0 saturated carbocycles. The topological polar surface area (TPSA) is 106 Å². The third-order valence-electron chi connectivity index (χ3n) is 3.23. The number of benzene rings is 1. The Morgan fingerprint density at radius 3 is 2.67 bits per heavy atom. The van der Waals surface area contributed by atoms with Crippen LogP contribution in [0.4, 0.5) is 10.1 Å². The second kappa shape index (κ2) is 6.83. The van der Waals surface area contributed by atoms with Gasteiger partial charge in [0.25, 0.3) is 10.0 Å². The van der Waals surface area contributed by atoms with E-state index in [4.69, 9.17) is 9.84 Å². The second-order valence-corrected chi connectivity index (χ2v) is 6.49. The van der Waals surface area contributed by atoms with Crippen LogP contribution in [0.1, 0.15) is 22.8 Å². The molecule has 0 amide bonds. The van der Waals surface area contributed by atoms with E-state index in [1.807, 2.05) is 6.92 Å². The number of methoxy groups -OCH3 is 1. The molecule has 128 valence electrons. The van der Waals surface area contributed by atoms with Crippen molar-refractivity contribution < 1.29 is 27.4 Å². The maximum absolute atomic E-state index is 13.4. The van der Waals surface area contributed by atoms with E-state index in [-0.39, 0.29) is 16.5 Å². The Bertz CT molecular complexity index is 883. The Morgan fingerprint density at radius 2 is 2.08 bits per heavy atom. The third kappa shape index (κ3) is 3.62. The van der Waals surface area contributed by atoms with Gasteiger partial charge in [0.1, 0.15) is 11.5 Å². The number of aryl methyl sites for hydroxylation is 1. The smallest absolute Gasteiger partial charge is 0.338 e. The van der Waals surface area contributed by atoms with Crippen molar-refractivity contribution in [3.8, 4) is 5.88 Å². The molecule has 1 heterocycles. The lowest BCUT2D eigenvalue weighted by Gasteiger charge is -2.12. The van der Waals surface area contributed by atoms with Crippen molar-refractivity contribution in [1.29, 1.82) is 0 Å². The predicted molar refractivity (Wildman–Crippen MR) is 84.3 cm³/mol. The minimum absolute atomic E-state index is 0.0661. The number of hydrogen-bond donors (Lipinski definition) is 2. The number of hydrogen-bond acceptors (Lipinski definition) is 5. The van der Waals surface area contributed by atoms with Crippen LogP contribution in [0.15, 0.2) is 35.4 Å². The maximum atomic E-state index is 13.4. The zero-order valence-electron chi connectivity index (χ0n) is 12.9. The molecule has 0 spiro atoms. The van der Waals surface area contributed by atoms with Crippen LogP contribution in [-0.4, -0.2) is 31.6 Å². The van der Waals surface area contributed by atoms with Crippen molar-refractivity contribution in [3.05, 3.63) is 47.4 Å². The largest absolute Gasteiger partial charge is 0.480 e. The Hall–Kier alpha value is -2.68. The first-order valence-electron chi connectivity index (χ1n) is 6.87. The Labute approximate surface area is 138 Å². The van der Waals surface area contributed by atoms with E-state index >= 15 is 0 Å². The molecule has 0 aliphatic carbocycles. The highest BCUT2D eigenvalue weighted by molar-refractivity contribution is 7.92. The molecule has 0 fully saturated rings. The highest BCUT2D eigenvalue weighted by atomic mass is 32.2. The van der Waals surface area contributed by atoms with Crippen molar-refractivity contribution in [1.82, 2.24) is 4.98 Å². The molecule has 1 aromatic carbocycles. The first kappa shape index (κ1) is 17.7. The summed E-state index contributed by atoms with van der Waals surface area (Å²) < 4.78 is 45.6. The molecular formula is C15H15FN2O5S. The van der Waals surface area contributed by atoms with Crippen LogP contribution in [-0.2, 0) is 16.4 Å². The third-order valence-corrected chi connectivity index (χ3v) is 4.60. The van der Waals surface area contributed by atoms with Crippen LogP contribution in [0.2, 0.25) is 0 Å². The van der Waals surface area contributed by atoms with Crippen molar-refractivity contribution in [2.24, 2.45) is 0 Å². The number of pyridine rings is 1. The van der Waals surface area contributed by atoms with E-state index in [0.717, 1.165) is 23.8 Å². The number of aromatic nitrogens is 1. The van der Waals surface area contributed by atoms with Gasteiger partial charge in [0.05, 0.1) is 17.6 Å². The first-order valence-corrected chi connectivity index (χ1v) is 8.35. The normalized spacial score (nSPS) is 11.1. The van der Waals surface area contributed by atoms with Gasteiger partial charge in [0, 0.05) is 6.20 Å². The molecule has 0 aliphatic heterocycles. The van der Waals surface area contributed by atoms with Crippen LogP contribution < -0.4 is 9.46 Å². The number of aromatic carboxylic acids is 1. The molecule has 0 saturated heterocycles. The summed E-state index contributed by atoms with van der Waals surface area (Å²) in [6.07, 6.45) is 2.18. The summed E-state index contributed by atoms with van der Waals surface area (Å²) in [6, 6.07) is 4.08. The fourth-order valence-corrected chi connectivity index (χ4v) is 3.04. The summed E-state index contributed by atoms with van der Waals surface area (Å²) in [4.78, 5) is 14.6. The van der Waals surface area contributed by atoms with Gasteiger partial charge in [-0.2, -0.15) is 0 Å². The number of halogens is 1. The second-order valence-electron chi connectivity index (χ2n) is 4.81. The number of ether oxygens (including phenoxy) is 1. The minimum atomic E-state index is -4.14. The van der Waals surface area contributed by atoms with Crippen LogP contribution >= 0.6 is 0 Å². The molecule has 24 heavy (non-hydrogen) atoms. The van der Waals surface area contributed by atoms with Crippen molar-refractivity contribution in [2.75, 3.05) is 11.8 Å². The SMILES string of the molecule is CCc1cnc(OC)c(NS(=O)(=O)c2ccc(F)c(C(=O)O)c2)c1. The number of nitrogens with one attached hydrogen (secondary N) is 1. The monoisotopic (exact) mass is 354 g/mol. The molecule has 0 bridgehead atoms. The van der Waals surface area contributed by atoms with Gasteiger partial charge in [0.15, 0.2) is 0 Å². The summed E-state index contributed by atoms with van der Waals surface area (Å²) in [5.74, 6) is -2.51. The van der Waals surface area contributed by atoms with E-state index in [1.165, 1.54) is 7.11 Å². The van der Waals surface area contributed by atoms with Gasteiger partial charge in [0.2, 0.25) is 5.88 Å². The average Bonchev–Trinajstić information content (AvgIpc) is 2.54. The fraction of sp³-hybridized carbons (Fsp3) is 0.200. The molecular weight excluding hydrogens is 339 g/mol. The van der Waals surface area contributed by atoms with E-state index in [9.17, 15) is 17.6 Å². The molecule has 2 N–H and O–H groups in total. The van der Waals surface area contributed by atoms with Gasteiger partial charge >= 0.3 is 5.97 Å². The summed E-state index contributed by atoms with van der Waals surface area (Å²) in [6.45, 7) is 1.88. The molecule has 2 rings (SSSR count). The lowest BCUT2D eigenvalue weighted by molar-refractivity contribution is 0.0691. The van der Waals surface area contributed by atoms with Gasteiger partial charge in [-0.25, -0.2) is 22.6 Å². The minimum Gasteiger partial charge on any atom is -0.480 e. The summed E-state index contributed by atoms with van der Waals surface area (Å²) in [5, 5.41) is 8.91. The molecule has 2 aromatic rings. The number of carboxylic acids is 1. The molecule has 0 unspecified atom stereocenters. The van der Waals surface area contributed by atoms with Crippen molar-refractivity contribution >= 4 is 21.7 Å². The Morgan fingerprint density at radius 1 is 1.38 bits per heavy atom.